The third kappa shape index (κ3) is 3.60. The smallest absolute Gasteiger partial charge is 0.416 e. The molecule has 0 aliphatic rings. The SMILES string of the molecule is O=C(O)c1cc(Cl)nnc1Oc1cccc(C(F)(F)F)c1. The Labute approximate surface area is 120 Å². The van der Waals surface area contributed by atoms with Gasteiger partial charge in [0.25, 0.3) is 5.88 Å². The Morgan fingerprint density at radius 2 is 1.95 bits per heavy atom. The molecule has 0 atom stereocenters. The highest BCUT2D eigenvalue weighted by molar-refractivity contribution is 6.29. The average molecular weight is 319 g/mol. The fourth-order valence-corrected chi connectivity index (χ4v) is 1.58. The Bertz CT molecular complexity index is 692. The summed E-state index contributed by atoms with van der Waals surface area (Å²) in [7, 11) is 0. The lowest BCUT2D eigenvalue weighted by atomic mass is 10.2. The second kappa shape index (κ2) is 5.57. The van der Waals surface area contributed by atoms with Gasteiger partial charge in [0.1, 0.15) is 11.3 Å². The maximum atomic E-state index is 12.6. The van der Waals surface area contributed by atoms with Gasteiger partial charge in [0.05, 0.1) is 5.56 Å². The van der Waals surface area contributed by atoms with E-state index < -0.39 is 29.2 Å². The fourth-order valence-electron chi connectivity index (χ4n) is 1.43. The number of ether oxygens (including phenoxy) is 1. The van der Waals surface area contributed by atoms with Crippen LogP contribution in [0.15, 0.2) is 30.3 Å². The molecule has 1 aromatic carbocycles. The van der Waals surface area contributed by atoms with Gasteiger partial charge in [-0.05, 0) is 24.3 Å². The van der Waals surface area contributed by atoms with Crippen LogP contribution in [0, 0.1) is 0 Å². The monoisotopic (exact) mass is 318 g/mol. The highest BCUT2D eigenvalue weighted by atomic mass is 35.5. The van der Waals surface area contributed by atoms with Crippen LogP contribution >= 0.6 is 11.6 Å². The van der Waals surface area contributed by atoms with E-state index in [2.05, 4.69) is 10.2 Å². The van der Waals surface area contributed by atoms with Crippen molar-refractivity contribution in [3.05, 3.63) is 46.6 Å². The van der Waals surface area contributed by atoms with E-state index in [-0.39, 0.29) is 10.9 Å². The quantitative estimate of drug-likeness (QED) is 0.935. The number of benzene rings is 1. The molecule has 0 spiro atoms. The number of carbonyl (C=O) groups is 1. The molecule has 0 fully saturated rings. The molecule has 110 valence electrons. The normalized spacial score (nSPS) is 11.2. The lowest BCUT2D eigenvalue weighted by Crippen LogP contribution is -2.06. The summed E-state index contributed by atoms with van der Waals surface area (Å²) in [5.74, 6) is -2.07. The Kier molecular flexibility index (Phi) is 3.99. The van der Waals surface area contributed by atoms with Gasteiger partial charge in [0.2, 0.25) is 0 Å². The number of halogens is 4. The summed E-state index contributed by atoms with van der Waals surface area (Å²) >= 11 is 5.51. The van der Waals surface area contributed by atoms with Crippen LogP contribution in [0.4, 0.5) is 13.2 Å². The third-order valence-electron chi connectivity index (χ3n) is 2.34. The zero-order valence-electron chi connectivity index (χ0n) is 10.1. The van der Waals surface area contributed by atoms with Gasteiger partial charge in [-0.1, -0.05) is 17.7 Å². The Balaban J connectivity index is 2.37. The van der Waals surface area contributed by atoms with Crippen LogP contribution in [-0.4, -0.2) is 21.3 Å². The van der Waals surface area contributed by atoms with Crippen LogP contribution in [-0.2, 0) is 6.18 Å². The summed E-state index contributed by atoms with van der Waals surface area (Å²) in [5, 5.41) is 15.6. The molecule has 0 unspecified atom stereocenters. The molecular weight excluding hydrogens is 313 g/mol. The summed E-state index contributed by atoms with van der Waals surface area (Å²) in [5.41, 5.74) is -1.34. The van der Waals surface area contributed by atoms with Crippen molar-refractivity contribution in [3.8, 4) is 11.6 Å². The van der Waals surface area contributed by atoms with Gasteiger partial charge in [0.15, 0.2) is 5.15 Å². The molecular formula is C12H6ClF3N2O3. The summed E-state index contributed by atoms with van der Waals surface area (Å²) in [6.45, 7) is 0. The first-order valence-electron chi connectivity index (χ1n) is 5.39. The number of hydrogen-bond acceptors (Lipinski definition) is 4. The average Bonchev–Trinajstić information content (AvgIpc) is 2.40. The van der Waals surface area contributed by atoms with Gasteiger partial charge >= 0.3 is 12.1 Å². The Morgan fingerprint density at radius 3 is 2.57 bits per heavy atom. The van der Waals surface area contributed by atoms with E-state index in [4.69, 9.17) is 21.4 Å². The molecule has 0 saturated carbocycles. The van der Waals surface area contributed by atoms with Gasteiger partial charge in [-0.25, -0.2) is 4.79 Å². The topological polar surface area (TPSA) is 72.3 Å². The van der Waals surface area contributed by atoms with E-state index in [1.165, 1.54) is 6.07 Å². The van der Waals surface area contributed by atoms with Crippen LogP contribution < -0.4 is 4.74 Å². The molecule has 5 nitrogen and oxygen atoms in total. The molecule has 1 N–H and O–H groups in total. The predicted molar refractivity (Wildman–Crippen MR) is 65.5 cm³/mol. The van der Waals surface area contributed by atoms with Gasteiger partial charge in [-0.15, -0.1) is 10.2 Å². The molecule has 21 heavy (non-hydrogen) atoms. The number of nitrogens with zero attached hydrogens (tertiary/aromatic N) is 2. The van der Waals surface area contributed by atoms with E-state index in [9.17, 15) is 18.0 Å². The van der Waals surface area contributed by atoms with E-state index in [1.807, 2.05) is 0 Å². The van der Waals surface area contributed by atoms with Gasteiger partial charge < -0.3 is 9.84 Å². The van der Waals surface area contributed by atoms with Crippen molar-refractivity contribution in [2.24, 2.45) is 0 Å². The van der Waals surface area contributed by atoms with Crippen LogP contribution in [0.25, 0.3) is 0 Å². The van der Waals surface area contributed by atoms with Crippen molar-refractivity contribution in [3.63, 3.8) is 0 Å². The minimum absolute atomic E-state index is 0.177. The van der Waals surface area contributed by atoms with Crippen LogP contribution in [0.5, 0.6) is 11.6 Å². The second-order valence-corrected chi connectivity index (χ2v) is 4.21. The molecule has 0 amide bonds. The molecule has 1 aromatic heterocycles. The maximum Gasteiger partial charge on any atom is 0.416 e. The molecule has 1 heterocycles. The minimum atomic E-state index is -4.54. The van der Waals surface area contributed by atoms with Gasteiger partial charge in [0, 0.05) is 0 Å². The first-order valence-corrected chi connectivity index (χ1v) is 5.77. The van der Waals surface area contributed by atoms with Gasteiger partial charge in [-0.3, -0.25) is 0 Å². The Hall–Kier alpha value is -2.35. The van der Waals surface area contributed by atoms with Crippen LogP contribution in [0.3, 0.4) is 0 Å². The highest BCUT2D eigenvalue weighted by Gasteiger charge is 2.30. The number of carboxylic acid groups (broad SMARTS) is 1. The van der Waals surface area contributed by atoms with Crippen molar-refractivity contribution in [2.45, 2.75) is 6.18 Å². The molecule has 2 aromatic rings. The number of alkyl halides is 3. The standard InChI is InChI=1S/C12H6ClF3N2O3/c13-9-5-8(11(19)20)10(18-17-9)21-7-3-1-2-6(4-7)12(14,15)16/h1-5H,(H,19,20). The van der Waals surface area contributed by atoms with E-state index >= 15 is 0 Å². The molecule has 0 saturated heterocycles. The summed E-state index contributed by atoms with van der Waals surface area (Å²) in [6.07, 6.45) is -4.54. The molecule has 2 rings (SSSR count). The Morgan fingerprint density at radius 1 is 1.24 bits per heavy atom. The number of carboxylic acids is 1. The van der Waals surface area contributed by atoms with E-state index in [0.29, 0.717) is 0 Å². The van der Waals surface area contributed by atoms with E-state index in [0.717, 1.165) is 24.3 Å². The zero-order valence-corrected chi connectivity index (χ0v) is 10.8. The molecule has 0 aliphatic heterocycles. The summed E-state index contributed by atoms with van der Waals surface area (Å²) < 4.78 is 42.8. The van der Waals surface area contributed by atoms with Crippen molar-refractivity contribution >= 4 is 17.6 Å². The van der Waals surface area contributed by atoms with Crippen LogP contribution in [0.1, 0.15) is 15.9 Å². The van der Waals surface area contributed by atoms with Crippen molar-refractivity contribution in [2.75, 3.05) is 0 Å². The minimum Gasteiger partial charge on any atom is -0.477 e. The van der Waals surface area contributed by atoms with Crippen molar-refractivity contribution in [1.82, 2.24) is 10.2 Å². The molecule has 0 bridgehead atoms. The number of rotatable bonds is 3. The van der Waals surface area contributed by atoms with Crippen LogP contribution in [0.2, 0.25) is 5.15 Å². The van der Waals surface area contributed by atoms with Gasteiger partial charge in [-0.2, -0.15) is 13.2 Å². The third-order valence-corrected chi connectivity index (χ3v) is 2.52. The molecule has 9 heteroatoms. The van der Waals surface area contributed by atoms with E-state index in [1.54, 1.807) is 0 Å². The second-order valence-electron chi connectivity index (χ2n) is 3.82. The summed E-state index contributed by atoms with van der Waals surface area (Å²) in [4.78, 5) is 11.0. The number of aromatic nitrogens is 2. The first-order chi connectivity index (χ1) is 9.77. The molecule has 0 radical (unpaired) electrons. The number of hydrogen-bond donors (Lipinski definition) is 1. The lowest BCUT2D eigenvalue weighted by Gasteiger charge is -2.10. The predicted octanol–water partition coefficient (Wildman–Crippen LogP) is 3.64. The highest BCUT2D eigenvalue weighted by Crippen LogP contribution is 2.33. The lowest BCUT2D eigenvalue weighted by molar-refractivity contribution is -0.137. The molecule has 0 aliphatic carbocycles. The fraction of sp³-hybridized carbons (Fsp3) is 0.0833. The summed E-state index contributed by atoms with van der Waals surface area (Å²) in [6, 6.07) is 4.93. The zero-order chi connectivity index (χ0) is 15.6. The maximum absolute atomic E-state index is 12.6. The largest absolute Gasteiger partial charge is 0.477 e. The van der Waals surface area contributed by atoms with Crippen molar-refractivity contribution < 1.29 is 27.8 Å². The van der Waals surface area contributed by atoms with Crippen molar-refractivity contribution in [1.29, 1.82) is 0 Å². The number of aromatic carboxylic acids is 1. The first kappa shape index (κ1) is 15.0.